The zero-order chi connectivity index (χ0) is 13.4. The van der Waals surface area contributed by atoms with E-state index in [1.807, 2.05) is 6.07 Å². The van der Waals surface area contributed by atoms with E-state index >= 15 is 0 Å². The Morgan fingerprint density at radius 3 is 2.42 bits per heavy atom. The highest BCUT2D eigenvalue weighted by molar-refractivity contribution is 6.06. The number of rotatable bonds is 1. The van der Waals surface area contributed by atoms with Crippen molar-refractivity contribution >= 4 is 11.9 Å². The number of ketones is 1. The maximum Gasteiger partial charge on any atom is 0.153 e. The number of carbonyl (C=O) groups is 1. The zero-order valence-electron chi connectivity index (χ0n) is 11.6. The molecule has 2 fully saturated rings. The van der Waals surface area contributed by atoms with Gasteiger partial charge in [0.25, 0.3) is 0 Å². The van der Waals surface area contributed by atoms with Gasteiger partial charge in [-0.2, -0.15) is 0 Å². The molecule has 0 N–H and O–H groups in total. The van der Waals surface area contributed by atoms with Crippen LogP contribution in [0.2, 0.25) is 0 Å². The number of benzene rings is 1. The monoisotopic (exact) mass is 250 g/mol. The molecule has 1 heteroatoms. The Kier molecular flexibility index (Phi) is 1.83. The summed E-state index contributed by atoms with van der Waals surface area (Å²) in [6, 6.07) is 10.4. The molecular formula is C18H18O. The van der Waals surface area contributed by atoms with Crippen LogP contribution in [0.4, 0.5) is 0 Å². The van der Waals surface area contributed by atoms with E-state index in [0.717, 1.165) is 0 Å². The standard InChI is InChI=1S/C18H18O/c1-11-10-17(2)13(9-12-7-5-4-6-8-12)15-14(11)18(15,3)16(17)19/h4-10,14-15H,1-3H3/b13-9+. The molecular weight excluding hydrogens is 232 g/mol. The topological polar surface area (TPSA) is 17.1 Å². The van der Waals surface area contributed by atoms with E-state index in [0.29, 0.717) is 17.6 Å². The van der Waals surface area contributed by atoms with Gasteiger partial charge in [0.15, 0.2) is 5.78 Å². The second-order valence-electron chi connectivity index (χ2n) is 6.67. The summed E-state index contributed by atoms with van der Waals surface area (Å²) in [4.78, 5) is 12.7. The third kappa shape index (κ3) is 1.10. The summed E-state index contributed by atoms with van der Waals surface area (Å²) >= 11 is 0. The van der Waals surface area contributed by atoms with Crippen LogP contribution in [0.3, 0.4) is 0 Å². The van der Waals surface area contributed by atoms with Gasteiger partial charge in [0.1, 0.15) is 0 Å². The molecule has 4 bridgehead atoms. The SMILES string of the molecule is CC1=CC2(C)C(=O)C3(C)C1C3/C2=C\c1ccccc1. The van der Waals surface area contributed by atoms with Crippen molar-refractivity contribution in [3.63, 3.8) is 0 Å². The highest BCUT2D eigenvalue weighted by Gasteiger charge is 2.79. The first-order chi connectivity index (χ1) is 8.99. The molecule has 0 aliphatic heterocycles. The van der Waals surface area contributed by atoms with Crippen LogP contribution in [-0.2, 0) is 4.79 Å². The van der Waals surface area contributed by atoms with Crippen molar-refractivity contribution in [3.05, 3.63) is 53.1 Å². The molecule has 1 nitrogen and oxygen atoms in total. The van der Waals surface area contributed by atoms with Gasteiger partial charge >= 0.3 is 0 Å². The third-order valence-corrected chi connectivity index (χ3v) is 5.54. The first kappa shape index (κ1) is 11.2. The zero-order valence-corrected chi connectivity index (χ0v) is 11.6. The Bertz CT molecular complexity index is 652. The predicted octanol–water partition coefficient (Wildman–Crippen LogP) is 3.87. The van der Waals surface area contributed by atoms with Gasteiger partial charge in [-0.25, -0.2) is 0 Å². The summed E-state index contributed by atoms with van der Waals surface area (Å²) in [5.74, 6) is 1.36. The highest BCUT2D eigenvalue weighted by Crippen LogP contribution is 2.78. The van der Waals surface area contributed by atoms with E-state index in [4.69, 9.17) is 0 Å². The van der Waals surface area contributed by atoms with Crippen molar-refractivity contribution in [2.75, 3.05) is 0 Å². The quantitative estimate of drug-likeness (QED) is 0.691. The van der Waals surface area contributed by atoms with E-state index in [1.54, 1.807) is 0 Å². The van der Waals surface area contributed by atoms with Crippen molar-refractivity contribution in [1.29, 1.82) is 0 Å². The molecule has 0 radical (unpaired) electrons. The lowest BCUT2D eigenvalue weighted by Gasteiger charge is -2.33. The van der Waals surface area contributed by atoms with Crippen molar-refractivity contribution in [2.24, 2.45) is 22.7 Å². The molecule has 1 aromatic rings. The van der Waals surface area contributed by atoms with Crippen LogP contribution in [0, 0.1) is 22.7 Å². The van der Waals surface area contributed by atoms with E-state index < -0.39 is 0 Å². The fraction of sp³-hybridized carbons (Fsp3) is 0.389. The van der Waals surface area contributed by atoms with Crippen molar-refractivity contribution < 1.29 is 4.79 Å². The lowest BCUT2D eigenvalue weighted by Crippen LogP contribution is -2.34. The summed E-state index contributed by atoms with van der Waals surface area (Å²) in [7, 11) is 0. The summed E-state index contributed by atoms with van der Waals surface area (Å²) in [6.45, 7) is 6.44. The summed E-state index contributed by atoms with van der Waals surface area (Å²) < 4.78 is 0. The van der Waals surface area contributed by atoms with Gasteiger partial charge in [-0.05, 0) is 25.0 Å². The van der Waals surface area contributed by atoms with Gasteiger partial charge in [0, 0.05) is 17.3 Å². The minimum absolute atomic E-state index is 0.103. The molecule has 0 aromatic heterocycles. The second-order valence-corrected chi connectivity index (χ2v) is 6.67. The lowest BCUT2D eigenvalue weighted by molar-refractivity contribution is -0.128. The third-order valence-electron chi connectivity index (χ3n) is 5.54. The molecule has 0 saturated heterocycles. The average Bonchev–Trinajstić information content (AvgIpc) is 2.99. The van der Waals surface area contributed by atoms with Crippen molar-refractivity contribution in [3.8, 4) is 0 Å². The van der Waals surface area contributed by atoms with Gasteiger partial charge in [-0.15, -0.1) is 0 Å². The molecule has 4 unspecified atom stereocenters. The van der Waals surface area contributed by atoms with Gasteiger partial charge in [0.05, 0.1) is 5.41 Å². The number of carbonyl (C=O) groups excluding carboxylic acids is 1. The van der Waals surface area contributed by atoms with Gasteiger partial charge in [0.2, 0.25) is 0 Å². The maximum absolute atomic E-state index is 12.7. The Labute approximate surface area is 114 Å². The minimum Gasteiger partial charge on any atom is -0.298 e. The average molecular weight is 250 g/mol. The number of Topliss-reactive ketones (excluding diaryl/α,β-unsaturated/α-hetero) is 1. The fourth-order valence-corrected chi connectivity index (χ4v) is 4.71. The van der Waals surface area contributed by atoms with E-state index in [9.17, 15) is 4.79 Å². The van der Waals surface area contributed by atoms with Crippen LogP contribution in [0.15, 0.2) is 47.6 Å². The molecule has 0 amide bonds. The molecule has 5 rings (SSSR count). The Morgan fingerprint density at radius 2 is 1.79 bits per heavy atom. The van der Waals surface area contributed by atoms with E-state index in [2.05, 4.69) is 57.2 Å². The summed E-state index contributed by atoms with van der Waals surface area (Å²) in [5.41, 5.74) is 3.50. The smallest absolute Gasteiger partial charge is 0.153 e. The Hall–Kier alpha value is -1.63. The molecule has 4 atom stereocenters. The maximum atomic E-state index is 12.7. The lowest BCUT2D eigenvalue weighted by atomic mass is 9.69. The molecule has 96 valence electrons. The van der Waals surface area contributed by atoms with E-state index in [-0.39, 0.29) is 10.8 Å². The van der Waals surface area contributed by atoms with Gasteiger partial charge in [-0.1, -0.05) is 55.0 Å². The first-order valence-electron chi connectivity index (χ1n) is 7.01. The summed E-state index contributed by atoms with van der Waals surface area (Å²) in [5, 5.41) is 0. The molecule has 0 heterocycles. The van der Waals surface area contributed by atoms with Gasteiger partial charge < -0.3 is 0 Å². The van der Waals surface area contributed by atoms with Crippen LogP contribution in [0.25, 0.3) is 6.08 Å². The highest BCUT2D eigenvalue weighted by atomic mass is 16.1. The van der Waals surface area contributed by atoms with Crippen LogP contribution in [-0.4, -0.2) is 5.78 Å². The van der Waals surface area contributed by atoms with Crippen LogP contribution in [0.1, 0.15) is 26.3 Å². The number of hydrogen-bond donors (Lipinski definition) is 0. The molecule has 19 heavy (non-hydrogen) atoms. The van der Waals surface area contributed by atoms with Gasteiger partial charge in [-0.3, -0.25) is 4.79 Å². The molecule has 2 saturated carbocycles. The van der Waals surface area contributed by atoms with E-state index in [1.165, 1.54) is 16.7 Å². The van der Waals surface area contributed by atoms with Crippen LogP contribution in [0.5, 0.6) is 0 Å². The normalized spacial score (nSPS) is 44.5. The number of hydrogen-bond acceptors (Lipinski definition) is 1. The molecule has 4 aliphatic rings. The first-order valence-corrected chi connectivity index (χ1v) is 7.01. The molecule has 0 spiro atoms. The largest absolute Gasteiger partial charge is 0.298 e. The van der Waals surface area contributed by atoms with Crippen LogP contribution >= 0.6 is 0 Å². The Morgan fingerprint density at radius 1 is 1.11 bits per heavy atom. The van der Waals surface area contributed by atoms with Crippen molar-refractivity contribution in [2.45, 2.75) is 20.8 Å². The number of allylic oxidation sites excluding steroid dienone is 3. The molecule has 4 aliphatic carbocycles. The van der Waals surface area contributed by atoms with Crippen molar-refractivity contribution in [1.82, 2.24) is 0 Å². The van der Waals surface area contributed by atoms with Crippen LogP contribution < -0.4 is 0 Å². The summed E-state index contributed by atoms with van der Waals surface area (Å²) in [6.07, 6.45) is 4.46. The predicted molar refractivity (Wildman–Crippen MR) is 76.4 cm³/mol. The second kappa shape index (κ2) is 3.09. The Balaban J connectivity index is 1.90. The fourth-order valence-electron chi connectivity index (χ4n) is 4.71. The molecule has 1 aromatic carbocycles. The minimum atomic E-state index is -0.353.